The summed E-state index contributed by atoms with van der Waals surface area (Å²) < 4.78 is 41.1. The van der Waals surface area contributed by atoms with E-state index in [4.69, 9.17) is 0 Å². The molecule has 0 atom stereocenters. The third-order valence-corrected chi connectivity index (χ3v) is 5.88. The van der Waals surface area contributed by atoms with E-state index in [1.165, 1.54) is 12.1 Å². The Morgan fingerprint density at radius 2 is 2.05 bits per heavy atom. The first kappa shape index (κ1) is 16.4. The van der Waals surface area contributed by atoms with Gasteiger partial charge in [-0.3, -0.25) is 0 Å². The minimum Gasteiger partial charge on any atom is -0.316 e. The van der Waals surface area contributed by atoms with E-state index in [1.54, 1.807) is 13.1 Å². The molecule has 0 heterocycles. The van der Waals surface area contributed by atoms with Crippen LogP contribution >= 0.6 is 0 Å². The van der Waals surface area contributed by atoms with Gasteiger partial charge in [0.2, 0.25) is 10.0 Å². The van der Waals surface area contributed by atoms with Crippen LogP contribution in [0.25, 0.3) is 0 Å². The number of nitrogens with one attached hydrogen (secondary N) is 2. The van der Waals surface area contributed by atoms with Gasteiger partial charge in [-0.25, -0.2) is 17.5 Å². The molecule has 118 valence electrons. The molecule has 0 saturated heterocycles. The van der Waals surface area contributed by atoms with Crippen LogP contribution in [0.3, 0.4) is 0 Å². The number of hydrogen-bond acceptors (Lipinski definition) is 3. The Morgan fingerprint density at radius 3 is 2.57 bits per heavy atom. The molecule has 0 amide bonds. The van der Waals surface area contributed by atoms with Crippen molar-refractivity contribution >= 4 is 10.0 Å². The fraction of sp³-hybridized carbons (Fsp3) is 0.600. The van der Waals surface area contributed by atoms with Crippen LogP contribution in [0, 0.1) is 11.2 Å². The maximum absolute atomic E-state index is 13.9. The van der Waals surface area contributed by atoms with Crippen LogP contribution in [0.4, 0.5) is 4.39 Å². The second-order valence-electron chi connectivity index (χ2n) is 5.83. The molecule has 2 N–H and O–H groups in total. The lowest BCUT2D eigenvalue weighted by atomic mass is 9.67. The van der Waals surface area contributed by atoms with Crippen molar-refractivity contribution in [1.29, 1.82) is 0 Å². The molecule has 1 aliphatic rings. The first-order valence-corrected chi connectivity index (χ1v) is 8.83. The minimum atomic E-state index is -3.80. The third-order valence-electron chi connectivity index (χ3n) is 4.47. The predicted octanol–water partition coefficient (Wildman–Crippen LogP) is 2.40. The Kier molecular flexibility index (Phi) is 5.01. The van der Waals surface area contributed by atoms with Crippen molar-refractivity contribution < 1.29 is 12.8 Å². The summed E-state index contributed by atoms with van der Waals surface area (Å²) in [5.41, 5.74) is 0.805. The summed E-state index contributed by atoms with van der Waals surface area (Å²) in [5.74, 6) is -0.707. The standard InChI is InChI=1S/C15H23FN2O2S/c1-3-15(7-4-8-15)11-18-21(19,20)14-9-12(10-17-2)5-6-13(14)16/h5-6,9,17-18H,3-4,7-8,10-11H2,1-2H3. The van der Waals surface area contributed by atoms with Crippen molar-refractivity contribution in [2.45, 2.75) is 44.0 Å². The Bertz CT molecular complexity index is 592. The molecule has 1 aliphatic carbocycles. The van der Waals surface area contributed by atoms with Crippen LogP contribution in [0.2, 0.25) is 0 Å². The first-order chi connectivity index (χ1) is 9.92. The molecule has 0 radical (unpaired) electrons. The summed E-state index contributed by atoms with van der Waals surface area (Å²) >= 11 is 0. The molecule has 0 bridgehead atoms. The van der Waals surface area contributed by atoms with Crippen LogP contribution in [0.5, 0.6) is 0 Å². The minimum absolute atomic E-state index is 0.0616. The second kappa shape index (κ2) is 6.42. The molecule has 21 heavy (non-hydrogen) atoms. The van der Waals surface area contributed by atoms with E-state index >= 15 is 0 Å². The van der Waals surface area contributed by atoms with E-state index in [0.717, 1.165) is 31.2 Å². The monoisotopic (exact) mass is 314 g/mol. The normalized spacial score (nSPS) is 17.5. The van der Waals surface area contributed by atoms with Gasteiger partial charge in [-0.1, -0.05) is 19.4 Å². The summed E-state index contributed by atoms with van der Waals surface area (Å²) in [6.07, 6.45) is 4.15. The zero-order chi connectivity index (χ0) is 15.5. The van der Waals surface area contributed by atoms with E-state index in [1.807, 2.05) is 0 Å². The molecular formula is C15H23FN2O2S. The summed E-state index contributed by atoms with van der Waals surface area (Å²) in [4.78, 5) is -0.263. The number of rotatable bonds is 7. The summed E-state index contributed by atoms with van der Waals surface area (Å²) in [6, 6.07) is 4.19. The highest BCUT2D eigenvalue weighted by Gasteiger charge is 2.36. The quantitative estimate of drug-likeness (QED) is 0.812. The molecule has 2 rings (SSSR count). The highest BCUT2D eigenvalue weighted by molar-refractivity contribution is 7.89. The number of sulfonamides is 1. The average molecular weight is 314 g/mol. The SMILES string of the molecule is CCC1(CNS(=O)(=O)c2cc(CNC)ccc2F)CCC1. The smallest absolute Gasteiger partial charge is 0.243 e. The highest BCUT2D eigenvalue weighted by atomic mass is 32.2. The predicted molar refractivity (Wildman–Crippen MR) is 80.9 cm³/mol. The lowest BCUT2D eigenvalue weighted by Gasteiger charge is -2.41. The fourth-order valence-electron chi connectivity index (χ4n) is 2.73. The highest BCUT2D eigenvalue weighted by Crippen LogP contribution is 2.43. The van der Waals surface area contributed by atoms with Gasteiger partial charge < -0.3 is 5.32 Å². The number of halogens is 1. The van der Waals surface area contributed by atoms with Gasteiger partial charge in [0.05, 0.1) is 0 Å². The molecule has 1 aromatic rings. The number of hydrogen-bond donors (Lipinski definition) is 2. The van der Waals surface area contributed by atoms with Crippen molar-refractivity contribution in [3.8, 4) is 0 Å². The van der Waals surface area contributed by atoms with E-state index in [-0.39, 0.29) is 10.3 Å². The van der Waals surface area contributed by atoms with Crippen LogP contribution in [-0.4, -0.2) is 22.0 Å². The van der Waals surface area contributed by atoms with Crippen LogP contribution < -0.4 is 10.0 Å². The Balaban J connectivity index is 2.17. The molecule has 6 heteroatoms. The van der Waals surface area contributed by atoms with Crippen molar-refractivity contribution in [2.75, 3.05) is 13.6 Å². The Morgan fingerprint density at radius 1 is 1.33 bits per heavy atom. The lowest BCUT2D eigenvalue weighted by Crippen LogP contribution is -2.41. The second-order valence-corrected chi connectivity index (χ2v) is 7.56. The Labute approximate surface area is 126 Å². The molecule has 0 aromatic heterocycles. The van der Waals surface area contributed by atoms with Gasteiger partial charge in [0.25, 0.3) is 0 Å². The summed E-state index contributed by atoms with van der Waals surface area (Å²) in [6.45, 7) is 2.96. The van der Waals surface area contributed by atoms with E-state index < -0.39 is 15.8 Å². The van der Waals surface area contributed by atoms with Gasteiger partial charge in [-0.15, -0.1) is 0 Å². The Hall–Kier alpha value is -0.980. The molecule has 0 aliphatic heterocycles. The number of benzene rings is 1. The van der Waals surface area contributed by atoms with Gasteiger partial charge in [0.1, 0.15) is 10.7 Å². The molecule has 1 aromatic carbocycles. The van der Waals surface area contributed by atoms with E-state index in [2.05, 4.69) is 17.0 Å². The van der Waals surface area contributed by atoms with Crippen LogP contribution in [0.1, 0.15) is 38.2 Å². The average Bonchev–Trinajstić information content (AvgIpc) is 2.40. The van der Waals surface area contributed by atoms with Gasteiger partial charge in [0.15, 0.2) is 0 Å². The van der Waals surface area contributed by atoms with Crippen LogP contribution in [-0.2, 0) is 16.6 Å². The lowest BCUT2D eigenvalue weighted by molar-refractivity contribution is 0.133. The molecule has 1 saturated carbocycles. The van der Waals surface area contributed by atoms with Gasteiger partial charge in [-0.2, -0.15) is 0 Å². The van der Waals surface area contributed by atoms with Gasteiger partial charge in [-0.05, 0) is 49.4 Å². The summed E-state index contributed by atoms with van der Waals surface area (Å²) in [7, 11) is -2.04. The van der Waals surface area contributed by atoms with Gasteiger partial charge >= 0.3 is 0 Å². The van der Waals surface area contributed by atoms with Gasteiger partial charge in [0, 0.05) is 13.1 Å². The topological polar surface area (TPSA) is 58.2 Å². The zero-order valence-electron chi connectivity index (χ0n) is 12.6. The fourth-order valence-corrected chi connectivity index (χ4v) is 4.01. The summed E-state index contributed by atoms with van der Waals surface area (Å²) in [5, 5.41) is 2.93. The maximum Gasteiger partial charge on any atom is 0.243 e. The molecule has 0 unspecified atom stereocenters. The molecule has 0 spiro atoms. The van der Waals surface area contributed by atoms with Crippen molar-refractivity contribution in [2.24, 2.45) is 5.41 Å². The van der Waals surface area contributed by atoms with Crippen molar-refractivity contribution in [1.82, 2.24) is 10.0 Å². The third kappa shape index (κ3) is 3.62. The van der Waals surface area contributed by atoms with Crippen molar-refractivity contribution in [3.05, 3.63) is 29.6 Å². The molecular weight excluding hydrogens is 291 g/mol. The van der Waals surface area contributed by atoms with E-state index in [0.29, 0.717) is 13.1 Å². The van der Waals surface area contributed by atoms with Crippen LogP contribution in [0.15, 0.2) is 23.1 Å². The molecule has 1 fully saturated rings. The van der Waals surface area contributed by atoms with Crippen molar-refractivity contribution in [3.63, 3.8) is 0 Å². The molecule has 4 nitrogen and oxygen atoms in total. The zero-order valence-corrected chi connectivity index (χ0v) is 13.4. The maximum atomic E-state index is 13.9. The largest absolute Gasteiger partial charge is 0.316 e. The van der Waals surface area contributed by atoms with E-state index in [9.17, 15) is 12.8 Å². The first-order valence-electron chi connectivity index (χ1n) is 7.35.